The Balaban J connectivity index is 1.60. The van der Waals surface area contributed by atoms with E-state index in [-0.39, 0.29) is 35.1 Å². The minimum absolute atomic E-state index is 0.0343. The number of anilines is 3. The fourth-order valence-corrected chi connectivity index (χ4v) is 3.14. The number of rotatable bonds is 4. The number of aromatic amines is 1. The molecule has 3 aromatic rings. The van der Waals surface area contributed by atoms with Gasteiger partial charge in [0.15, 0.2) is 0 Å². The summed E-state index contributed by atoms with van der Waals surface area (Å²) >= 11 is 0. The van der Waals surface area contributed by atoms with E-state index in [1.54, 1.807) is 0 Å². The van der Waals surface area contributed by atoms with Crippen LogP contribution < -0.4 is 16.0 Å². The Labute approximate surface area is 174 Å². The van der Waals surface area contributed by atoms with Gasteiger partial charge in [0.2, 0.25) is 5.91 Å². The van der Waals surface area contributed by atoms with Crippen molar-refractivity contribution in [2.45, 2.75) is 12.8 Å². The fraction of sp³-hybridized carbons (Fsp3) is 0.100. The number of phenolic OH excluding ortho intramolecular Hbond substituents is 2. The SMILES string of the molecule is O=C1CCc2cc(NC(=O)c3cc(C(=O)Nc4ccn[nH]4)c(F)cc3O)c(O)cc2N1. The Kier molecular flexibility index (Phi) is 4.99. The quantitative estimate of drug-likeness (QED) is 0.352. The van der Waals surface area contributed by atoms with Gasteiger partial charge in [0.25, 0.3) is 11.8 Å². The van der Waals surface area contributed by atoms with Crippen LogP contribution in [0.4, 0.5) is 21.6 Å². The first-order chi connectivity index (χ1) is 14.8. The number of aryl methyl sites for hydroxylation is 1. The number of aromatic hydroxyl groups is 2. The van der Waals surface area contributed by atoms with E-state index in [1.165, 1.54) is 24.4 Å². The van der Waals surface area contributed by atoms with E-state index in [0.29, 0.717) is 23.7 Å². The largest absolute Gasteiger partial charge is 0.507 e. The molecule has 2 aromatic carbocycles. The van der Waals surface area contributed by atoms with E-state index in [2.05, 4.69) is 26.1 Å². The molecule has 6 N–H and O–H groups in total. The van der Waals surface area contributed by atoms with Crippen molar-refractivity contribution in [2.24, 2.45) is 0 Å². The zero-order chi connectivity index (χ0) is 22.1. The third-order valence-corrected chi connectivity index (χ3v) is 4.69. The van der Waals surface area contributed by atoms with Gasteiger partial charge in [0.1, 0.15) is 23.1 Å². The molecule has 0 unspecified atom stereocenters. The summed E-state index contributed by atoms with van der Waals surface area (Å²) in [5.41, 5.74) is 0.327. The Hall–Kier alpha value is -4.41. The van der Waals surface area contributed by atoms with Crippen molar-refractivity contribution < 1.29 is 29.0 Å². The number of H-pyrrole nitrogens is 1. The lowest BCUT2D eigenvalue weighted by atomic mass is 10.0. The van der Waals surface area contributed by atoms with E-state index in [1.807, 2.05) is 0 Å². The molecule has 0 saturated carbocycles. The van der Waals surface area contributed by atoms with Gasteiger partial charge in [-0.05, 0) is 24.1 Å². The number of amides is 3. The van der Waals surface area contributed by atoms with Gasteiger partial charge >= 0.3 is 0 Å². The number of carbonyl (C=O) groups is 3. The van der Waals surface area contributed by atoms with Crippen LogP contribution in [0, 0.1) is 5.82 Å². The van der Waals surface area contributed by atoms with E-state index < -0.39 is 28.9 Å². The number of benzene rings is 2. The molecule has 0 saturated heterocycles. The first-order valence-corrected chi connectivity index (χ1v) is 9.12. The minimum Gasteiger partial charge on any atom is -0.507 e. The van der Waals surface area contributed by atoms with Gasteiger partial charge in [-0.15, -0.1) is 0 Å². The Morgan fingerprint density at radius 3 is 2.52 bits per heavy atom. The van der Waals surface area contributed by atoms with Gasteiger partial charge in [-0.2, -0.15) is 5.10 Å². The van der Waals surface area contributed by atoms with Crippen LogP contribution in [0.1, 0.15) is 32.7 Å². The van der Waals surface area contributed by atoms with Crippen molar-refractivity contribution in [1.82, 2.24) is 10.2 Å². The molecule has 0 aliphatic carbocycles. The van der Waals surface area contributed by atoms with Crippen LogP contribution in [0.15, 0.2) is 36.5 Å². The molecule has 1 aliphatic heterocycles. The fourth-order valence-electron chi connectivity index (χ4n) is 3.14. The van der Waals surface area contributed by atoms with E-state index in [0.717, 1.165) is 6.07 Å². The van der Waals surface area contributed by atoms with Gasteiger partial charge in [-0.25, -0.2) is 4.39 Å². The molecule has 0 spiro atoms. The van der Waals surface area contributed by atoms with Gasteiger partial charge in [-0.3, -0.25) is 19.5 Å². The monoisotopic (exact) mass is 425 g/mol. The van der Waals surface area contributed by atoms with Crippen LogP contribution >= 0.6 is 0 Å². The molecular formula is C20H16FN5O5. The molecule has 0 bridgehead atoms. The number of fused-ring (bicyclic) bond motifs is 1. The maximum absolute atomic E-state index is 14.2. The lowest BCUT2D eigenvalue weighted by Crippen LogP contribution is -2.20. The third-order valence-electron chi connectivity index (χ3n) is 4.69. The molecule has 1 aromatic heterocycles. The highest BCUT2D eigenvalue weighted by Gasteiger charge is 2.22. The highest BCUT2D eigenvalue weighted by Crippen LogP contribution is 2.34. The summed E-state index contributed by atoms with van der Waals surface area (Å²) in [6.45, 7) is 0. The zero-order valence-corrected chi connectivity index (χ0v) is 15.8. The van der Waals surface area contributed by atoms with Crippen LogP contribution in [-0.2, 0) is 11.2 Å². The highest BCUT2D eigenvalue weighted by molar-refractivity contribution is 6.10. The second-order valence-electron chi connectivity index (χ2n) is 6.80. The number of hydrogen-bond acceptors (Lipinski definition) is 6. The molecule has 1 aliphatic rings. The summed E-state index contributed by atoms with van der Waals surface area (Å²) in [6, 6.07) is 5.80. The molecule has 2 heterocycles. The lowest BCUT2D eigenvalue weighted by molar-refractivity contribution is -0.116. The molecule has 0 fully saturated rings. The van der Waals surface area contributed by atoms with Crippen LogP contribution in [0.25, 0.3) is 0 Å². The molecule has 11 heteroatoms. The first-order valence-electron chi connectivity index (χ1n) is 9.12. The maximum atomic E-state index is 14.2. The number of halogens is 1. The number of nitrogens with one attached hydrogen (secondary N) is 4. The molecule has 158 valence electrons. The zero-order valence-electron chi connectivity index (χ0n) is 15.8. The molecule has 10 nitrogen and oxygen atoms in total. The van der Waals surface area contributed by atoms with Crippen LogP contribution in [-0.4, -0.2) is 38.1 Å². The second-order valence-corrected chi connectivity index (χ2v) is 6.80. The van der Waals surface area contributed by atoms with Crippen molar-refractivity contribution in [3.8, 4) is 11.5 Å². The summed E-state index contributed by atoms with van der Waals surface area (Å²) in [4.78, 5) is 36.5. The summed E-state index contributed by atoms with van der Waals surface area (Å²) in [5, 5.41) is 33.8. The summed E-state index contributed by atoms with van der Waals surface area (Å²) in [5.74, 6) is -3.72. The van der Waals surface area contributed by atoms with Crippen LogP contribution in [0.3, 0.4) is 0 Å². The molecule has 4 rings (SSSR count). The van der Waals surface area contributed by atoms with Gasteiger partial charge in [-0.1, -0.05) is 0 Å². The van der Waals surface area contributed by atoms with Crippen molar-refractivity contribution >= 4 is 34.9 Å². The van der Waals surface area contributed by atoms with Gasteiger partial charge in [0, 0.05) is 30.3 Å². The van der Waals surface area contributed by atoms with Crippen molar-refractivity contribution in [3.05, 3.63) is 59.0 Å². The standard InChI is InChI=1S/C20H16FN5O5/c21-12-7-15(27)11(6-10(12)19(30)25-17-3-4-22-26-17)20(31)24-14-5-9-1-2-18(29)23-13(9)8-16(14)28/h3-8,27-28H,1-2H2,(H,23,29)(H,24,31)(H2,22,25,26,30). The van der Waals surface area contributed by atoms with Crippen molar-refractivity contribution in [2.75, 3.05) is 16.0 Å². The number of aromatic nitrogens is 2. The smallest absolute Gasteiger partial charge is 0.259 e. The maximum Gasteiger partial charge on any atom is 0.259 e. The summed E-state index contributed by atoms with van der Waals surface area (Å²) in [6.07, 6.45) is 2.07. The summed E-state index contributed by atoms with van der Waals surface area (Å²) < 4.78 is 14.2. The predicted octanol–water partition coefficient (Wildman–Crippen LogP) is 2.35. The number of hydrogen-bond donors (Lipinski definition) is 6. The first kappa shape index (κ1) is 19.9. The number of carbonyl (C=O) groups excluding carboxylic acids is 3. The van der Waals surface area contributed by atoms with E-state index >= 15 is 0 Å². The Morgan fingerprint density at radius 2 is 1.77 bits per heavy atom. The predicted molar refractivity (Wildman–Crippen MR) is 108 cm³/mol. The normalized spacial score (nSPS) is 12.6. The van der Waals surface area contributed by atoms with E-state index in [9.17, 15) is 29.0 Å². The van der Waals surface area contributed by atoms with Crippen LogP contribution in [0.2, 0.25) is 0 Å². The highest BCUT2D eigenvalue weighted by atomic mass is 19.1. The molecule has 0 radical (unpaired) electrons. The summed E-state index contributed by atoms with van der Waals surface area (Å²) in [7, 11) is 0. The number of phenols is 2. The minimum atomic E-state index is -1.03. The van der Waals surface area contributed by atoms with Gasteiger partial charge < -0.3 is 26.2 Å². The van der Waals surface area contributed by atoms with Crippen molar-refractivity contribution in [3.63, 3.8) is 0 Å². The average Bonchev–Trinajstić information content (AvgIpc) is 3.21. The topological polar surface area (TPSA) is 156 Å². The van der Waals surface area contributed by atoms with Gasteiger partial charge in [0.05, 0.1) is 23.0 Å². The van der Waals surface area contributed by atoms with Crippen molar-refractivity contribution in [1.29, 1.82) is 0 Å². The Morgan fingerprint density at radius 1 is 1.00 bits per heavy atom. The Bertz CT molecular complexity index is 1210. The third kappa shape index (κ3) is 4.01. The lowest BCUT2D eigenvalue weighted by Gasteiger charge is -2.19. The molecule has 0 atom stereocenters. The van der Waals surface area contributed by atoms with Crippen LogP contribution in [0.5, 0.6) is 11.5 Å². The number of nitrogens with zero attached hydrogens (tertiary/aromatic N) is 1. The average molecular weight is 425 g/mol. The molecule has 31 heavy (non-hydrogen) atoms. The second kappa shape index (κ2) is 7.78. The molecule has 3 amide bonds. The van der Waals surface area contributed by atoms with E-state index in [4.69, 9.17) is 0 Å². The molecular weight excluding hydrogens is 409 g/mol.